The first-order chi connectivity index (χ1) is 10.5. The van der Waals surface area contributed by atoms with E-state index < -0.39 is 6.04 Å². The van der Waals surface area contributed by atoms with Crippen molar-refractivity contribution in [1.82, 2.24) is 4.90 Å². The van der Waals surface area contributed by atoms with E-state index in [0.29, 0.717) is 24.2 Å². The maximum atomic E-state index is 12.7. The topological polar surface area (TPSA) is 75.7 Å². The van der Waals surface area contributed by atoms with Gasteiger partial charge in [0, 0.05) is 24.7 Å². The van der Waals surface area contributed by atoms with Crippen LogP contribution in [-0.4, -0.2) is 42.4 Å². The average Bonchev–Trinajstić information content (AvgIpc) is 2.53. The quantitative estimate of drug-likeness (QED) is 0.864. The number of carbonyl (C=O) groups is 3. The lowest BCUT2D eigenvalue weighted by atomic mass is 10.0. The number of amides is 2. The first-order valence-electron chi connectivity index (χ1n) is 7.29. The van der Waals surface area contributed by atoms with E-state index in [9.17, 15) is 14.4 Å². The van der Waals surface area contributed by atoms with E-state index >= 15 is 0 Å². The lowest BCUT2D eigenvalue weighted by molar-refractivity contribution is -0.147. The molecule has 0 aromatic heterocycles. The van der Waals surface area contributed by atoms with E-state index in [-0.39, 0.29) is 17.8 Å². The van der Waals surface area contributed by atoms with Crippen LogP contribution in [0.2, 0.25) is 0 Å². The summed E-state index contributed by atoms with van der Waals surface area (Å²) in [5.74, 6) is -0.802. The van der Waals surface area contributed by atoms with Crippen LogP contribution in [0, 0.1) is 0 Å². The molecule has 118 valence electrons. The largest absolute Gasteiger partial charge is 0.467 e. The molecule has 1 aromatic rings. The number of piperidine rings is 1. The number of hydrogen-bond donors (Lipinski definition) is 1. The van der Waals surface area contributed by atoms with Crippen molar-refractivity contribution >= 4 is 23.5 Å². The van der Waals surface area contributed by atoms with Gasteiger partial charge < -0.3 is 15.0 Å². The summed E-state index contributed by atoms with van der Waals surface area (Å²) in [5, 5.41) is 2.65. The van der Waals surface area contributed by atoms with Crippen molar-refractivity contribution in [3.63, 3.8) is 0 Å². The summed E-state index contributed by atoms with van der Waals surface area (Å²) in [6.07, 6.45) is 2.38. The van der Waals surface area contributed by atoms with E-state index in [1.807, 2.05) is 0 Å². The molecule has 1 unspecified atom stereocenters. The van der Waals surface area contributed by atoms with Crippen molar-refractivity contribution in [2.45, 2.75) is 32.2 Å². The molecule has 6 heteroatoms. The number of likely N-dealkylation sites (tertiary alicyclic amines) is 1. The number of nitrogens with one attached hydrogen (secondary N) is 1. The Kier molecular flexibility index (Phi) is 5.14. The zero-order valence-corrected chi connectivity index (χ0v) is 12.8. The Morgan fingerprint density at radius 2 is 2.05 bits per heavy atom. The Morgan fingerprint density at radius 1 is 1.27 bits per heavy atom. The van der Waals surface area contributed by atoms with E-state index in [4.69, 9.17) is 4.74 Å². The van der Waals surface area contributed by atoms with Crippen molar-refractivity contribution < 1.29 is 19.1 Å². The second-order valence-corrected chi connectivity index (χ2v) is 5.30. The number of nitrogens with zero attached hydrogens (tertiary/aromatic N) is 1. The van der Waals surface area contributed by atoms with Crippen LogP contribution in [0.5, 0.6) is 0 Å². The normalized spacial score (nSPS) is 17.7. The maximum Gasteiger partial charge on any atom is 0.328 e. The molecule has 0 radical (unpaired) electrons. The SMILES string of the molecule is COC(=O)C1CCCCN1C(=O)c1cccc(NC(C)=O)c1. The number of methoxy groups -OCH3 is 1. The highest BCUT2D eigenvalue weighted by Gasteiger charge is 2.33. The molecule has 0 spiro atoms. The smallest absolute Gasteiger partial charge is 0.328 e. The molecule has 1 atom stereocenters. The fourth-order valence-electron chi connectivity index (χ4n) is 2.65. The molecule has 1 aromatic carbocycles. The standard InChI is InChI=1S/C16H20N2O4/c1-11(19)17-13-7-5-6-12(10-13)15(20)18-9-4-3-8-14(18)16(21)22-2/h5-7,10,14H,3-4,8-9H2,1-2H3,(H,17,19). The minimum atomic E-state index is -0.532. The molecule has 1 aliphatic rings. The summed E-state index contributed by atoms with van der Waals surface area (Å²) in [7, 11) is 1.33. The zero-order valence-electron chi connectivity index (χ0n) is 12.8. The van der Waals surface area contributed by atoms with Gasteiger partial charge in [0.15, 0.2) is 0 Å². The van der Waals surface area contributed by atoms with Crippen LogP contribution >= 0.6 is 0 Å². The fraction of sp³-hybridized carbons (Fsp3) is 0.438. The number of anilines is 1. The number of ether oxygens (including phenoxy) is 1. The van der Waals surface area contributed by atoms with Gasteiger partial charge in [0.2, 0.25) is 5.91 Å². The number of esters is 1. The van der Waals surface area contributed by atoms with Crippen molar-refractivity contribution in [3.8, 4) is 0 Å². The Bertz CT molecular complexity index is 585. The molecule has 1 saturated heterocycles. The molecule has 22 heavy (non-hydrogen) atoms. The van der Waals surface area contributed by atoms with Crippen LogP contribution in [0.1, 0.15) is 36.5 Å². The van der Waals surface area contributed by atoms with E-state index in [1.54, 1.807) is 29.2 Å². The molecule has 1 N–H and O–H groups in total. The lowest BCUT2D eigenvalue weighted by Crippen LogP contribution is -2.48. The maximum absolute atomic E-state index is 12.7. The van der Waals surface area contributed by atoms with Gasteiger partial charge in [0.1, 0.15) is 6.04 Å². The van der Waals surface area contributed by atoms with Gasteiger partial charge in [-0.1, -0.05) is 6.07 Å². The first-order valence-corrected chi connectivity index (χ1v) is 7.29. The van der Waals surface area contributed by atoms with E-state index in [0.717, 1.165) is 12.8 Å². The Labute approximate surface area is 129 Å². The summed E-state index contributed by atoms with van der Waals surface area (Å²) in [6, 6.07) is 6.18. The van der Waals surface area contributed by atoms with Gasteiger partial charge >= 0.3 is 5.97 Å². The summed E-state index contributed by atoms with van der Waals surface area (Å²) in [6.45, 7) is 1.94. The van der Waals surface area contributed by atoms with Crippen LogP contribution in [0.15, 0.2) is 24.3 Å². The molecule has 1 fully saturated rings. The van der Waals surface area contributed by atoms with Gasteiger partial charge in [0.05, 0.1) is 7.11 Å². The number of hydrogen-bond acceptors (Lipinski definition) is 4. The fourth-order valence-corrected chi connectivity index (χ4v) is 2.65. The first kappa shape index (κ1) is 16.0. The van der Waals surface area contributed by atoms with Crippen LogP contribution in [-0.2, 0) is 14.3 Å². The molecular formula is C16H20N2O4. The second kappa shape index (κ2) is 7.06. The Hall–Kier alpha value is -2.37. The molecule has 1 aliphatic heterocycles. The van der Waals surface area contributed by atoms with Crippen LogP contribution < -0.4 is 5.32 Å². The Morgan fingerprint density at radius 3 is 2.73 bits per heavy atom. The highest BCUT2D eigenvalue weighted by molar-refractivity contribution is 5.98. The van der Waals surface area contributed by atoms with Gasteiger partial charge in [-0.3, -0.25) is 9.59 Å². The number of carbonyl (C=O) groups excluding carboxylic acids is 3. The van der Waals surface area contributed by atoms with Gasteiger partial charge in [-0.25, -0.2) is 4.79 Å². The van der Waals surface area contributed by atoms with Gasteiger partial charge in [-0.05, 0) is 37.5 Å². The van der Waals surface area contributed by atoms with Crippen LogP contribution in [0.4, 0.5) is 5.69 Å². The van der Waals surface area contributed by atoms with E-state index in [1.165, 1.54) is 14.0 Å². The molecule has 1 heterocycles. The summed E-state index contributed by atoms with van der Waals surface area (Å²) in [5.41, 5.74) is 1.01. The molecule has 2 rings (SSSR count). The van der Waals surface area contributed by atoms with Crippen molar-refractivity contribution in [2.75, 3.05) is 19.0 Å². The predicted molar refractivity (Wildman–Crippen MR) is 81.4 cm³/mol. The highest BCUT2D eigenvalue weighted by atomic mass is 16.5. The molecule has 0 aliphatic carbocycles. The third-order valence-corrected chi connectivity index (χ3v) is 3.67. The van der Waals surface area contributed by atoms with Gasteiger partial charge in [-0.15, -0.1) is 0 Å². The summed E-state index contributed by atoms with van der Waals surface area (Å²) >= 11 is 0. The van der Waals surface area contributed by atoms with Crippen LogP contribution in [0.25, 0.3) is 0 Å². The third-order valence-electron chi connectivity index (χ3n) is 3.67. The second-order valence-electron chi connectivity index (χ2n) is 5.30. The molecular weight excluding hydrogens is 284 g/mol. The van der Waals surface area contributed by atoms with Crippen molar-refractivity contribution in [1.29, 1.82) is 0 Å². The summed E-state index contributed by atoms with van der Waals surface area (Å²) < 4.78 is 4.79. The van der Waals surface area contributed by atoms with Crippen molar-refractivity contribution in [2.24, 2.45) is 0 Å². The molecule has 0 saturated carbocycles. The zero-order chi connectivity index (χ0) is 16.1. The third kappa shape index (κ3) is 3.63. The molecule has 0 bridgehead atoms. The van der Waals surface area contributed by atoms with Crippen molar-refractivity contribution in [3.05, 3.63) is 29.8 Å². The van der Waals surface area contributed by atoms with E-state index in [2.05, 4.69) is 5.32 Å². The van der Waals surface area contributed by atoms with Gasteiger partial charge in [0.25, 0.3) is 5.91 Å². The summed E-state index contributed by atoms with van der Waals surface area (Å²) in [4.78, 5) is 37.2. The minimum Gasteiger partial charge on any atom is -0.467 e. The highest BCUT2D eigenvalue weighted by Crippen LogP contribution is 2.22. The Balaban J connectivity index is 2.21. The predicted octanol–water partition coefficient (Wildman–Crippen LogP) is 1.81. The molecule has 6 nitrogen and oxygen atoms in total. The average molecular weight is 304 g/mol. The minimum absolute atomic E-state index is 0.199. The van der Waals surface area contributed by atoms with Crippen LogP contribution in [0.3, 0.4) is 0 Å². The van der Waals surface area contributed by atoms with Gasteiger partial charge in [-0.2, -0.15) is 0 Å². The number of rotatable bonds is 3. The number of benzene rings is 1. The lowest BCUT2D eigenvalue weighted by Gasteiger charge is -2.33. The monoisotopic (exact) mass is 304 g/mol. The molecule has 2 amide bonds.